The molecule has 0 aliphatic heterocycles. The van der Waals surface area contributed by atoms with Crippen molar-refractivity contribution in [2.24, 2.45) is 0 Å². The molecule has 2 heteroatoms. The van der Waals surface area contributed by atoms with E-state index in [4.69, 9.17) is 4.74 Å². The highest BCUT2D eigenvalue weighted by atomic mass is 16.5. The summed E-state index contributed by atoms with van der Waals surface area (Å²) < 4.78 is 5.27. The Kier molecular flexibility index (Phi) is 6.98. The maximum atomic E-state index is 5.27. The van der Waals surface area contributed by atoms with Crippen LogP contribution in [-0.4, -0.2) is 25.8 Å². The van der Waals surface area contributed by atoms with Gasteiger partial charge < -0.3 is 10.1 Å². The fraction of sp³-hybridized carbons (Fsp3) is 0.875. The summed E-state index contributed by atoms with van der Waals surface area (Å²) in [5.74, 6) is 0. The third kappa shape index (κ3) is 6.05. The minimum absolute atomic E-state index is 0.469. The van der Waals surface area contributed by atoms with E-state index in [0.29, 0.717) is 6.04 Å². The largest absolute Gasteiger partial charge is 0.380 e. The van der Waals surface area contributed by atoms with Gasteiger partial charge in [-0.2, -0.15) is 0 Å². The Hall–Kier alpha value is -0.0800. The number of ether oxygens (including phenoxy) is 1. The van der Waals surface area contributed by atoms with E-state index < -0.39 is 0 Å². The zero-order valence-electron chi connectivity index (χ0n) is 7.02. The molecule has 0 aromatic carbocycles. The predicted octanol–water partition coefficient (Wildman–Crippen LogP) is 1.23. The summed E-state index contributed by atoms with van der Waals surface area (Å²) in [4.78, 5) is 0. The van der Waals surface area contributed by atoms with Gasteiger partial charge in [0.25, 0.3) is 0 Å². The van der Waals surface area contributed by atoms with E-state index in [9.17, 15) is 0 Å². The molecule has 1 radical (unpaired) electrons. The van der Waals surface area contributed by atoms with Crippen LogP contribution in [0, 0.1) is 6.92 Å². The van der Waals surface area contributed by atoms with Crippen molar-refractivity contribution in [3.63, 3.8) is 0 Å². The lowest BCUT2D eigenvalue weighted by Crippen LogP contribution is -2.30. The summed E-state index contributed by atoms with van der Waals surface area (Å²) in [5, 5.41) is 3.26. The van der Waals surface area contributed by atoms with Crippen molar-refractivity contribution in [2.75, 3.05) is 19.8 Å². The van der Waals surface area contributed by atoms with E-state index in [0.717, 1.165) is 26.2 Å². The van der Waals surface area contributed by atoms with Crippen molar-refractivity contribution in [3.8, 4) is 0 Å². The average molecular weight is 144 g/mol. The van der Waals surface area contributed by atoms with Crippen molar-refractivity contribution in [2.45, 2.75) is 26.3 Å². The van der Waals surface area contributed by atoms with Crippen molar-refractivity contribution in [1.29, 1.82) is 0 Å². The molecule has 10 heavy (non-hydrogen) atoms. The molecule has 0 aromatic heterocycles. The molecule has 0 aromatic rings. The van der Waals surface area contributed by atoms with Crippen LogP contribution >= 0.6 is 0 Å². The molecule has 0 aliphatic rings. The third-order valence-corrected chi connectivity index (χ3v) is 1.21. The molecule has 0 fully saturated rings. The molecule has 0 bridgehead atoms. The lowest BCUT2D eigenvalue weighted by molar-refractivity contribution is 0.120. The first-order chi connectivity index (χ1) is 4.81. The van der Waals surface area contributed by atoms with Gasteiger partial charge in [-0.15, -0.1) is 0 Å². The molecule has 61 valence electrons. The lowest BCUT2D eigenvalue weighted by atomic mass is 10.3. The molecule has 2 nitrogen and oxygen atoms in total. The van der Waals surface area contributed by atoms with E-state index in [2.05, 4.69) is 26.1 Å². The topological polar surface area (TPSA) is 21.3 Å². The summed E-state index contributed by atoms with van der Waals surface area (Å²) >= 11 is 0. The fourth-order valence-corrected chi connectivity index (χ4v) is 0.770. The summed E-state index contributed by atoms with van der Waals surface area (Å²) in [6.07, 6.45) is 0.860. The van der Waals surface area contributed by atoms with Gasteiger partial charge in [-0.25, -0.2) is 0 Å². The molecule has 1 unspecified atom stereocenters. The van der Waals surface area contributed by atoms with Crippen LogP contribution in [0.5, 0.6) is 0 Å². The van der Waals surface area contributed by atoms with Crippen LogP contribution in [-0.2, 0) is 4.74 Å². The van der Waals surface area contributed by atoms with Crippen LogP contribution in [0.15, 0.2) is 0 Å². The van der Waals surface area contributed by atoms with Crippen LogP contribution in [0.4, 0.5) is 0 Å². The molecule has 0 saturated heterocycles. The second kappa shape index (κ2) is 7.03. The second-order valence-electron chi connectivity index (χ2n) is 2.39. The maximum absolute atomic E-state index is 5.27. The van der Waals surface area contributed by atoms with Crippen LogP contribution in [0.2, 0.25) is 0 Å². The standard InChI is InChI=1S/C8H18NO/c1-4-6-10-7-8(3)9-5-2/h8-9H,1,4-7H2,2-3H3. The molecular weight excluding hydrogens is 126 g/mol. The zero-order chi connectivity index (χ0) is 7.82. The Balaban J connectivity index is 2.97. The number of likely N-dealkylation sites (N-methyl/N-ethyl adjacent to an activating group) is 1. The Bertz CT molecular complexity index is 66.3. The third-order valence-electron chi connectivity index (χ3n) is 1.21. The van der Waals surface area contributed by atoms with Gasteiger partial charge in [-0.05, 0) is 19.9 Å². The zero-order valence-corrected chi connectivity index (χ0v) is 7.02. The number of hydrogen-bond acceptors (Lipinski definition) is 2. The molecule has 0 rings (SSSR count). The molecule has 0 saturated carbocycles. The molecule has 0 heterocycles. The normalized spacial score (nSPS) is 13.5. The summed E-state index contributed by atoms with van der Waals surface area (Å²) in [6.45, 7) is 10.5. The van der Waals surface area contributed by atoms with E-state index in [1.165, 1.54) is 0 Å². The smallest absolute Gasteiger partial charge is 0.0616 e. The van der Waals surface area contributed by atoms with Crippen molar-refractivity contribution in [1.82, 2.24) is 5.32 Å². The van der Waals surface area contributed by atoms with Gasteiger partial charge in [0.15, 0.2) is 0 Å². The second-order valence-corrected chi connectivity index (χ2v) is 2.39. The van der Waals surface area contributed by atoms with Crippen LogP contribution in [0.25, 0.3) is 0 Å². The van der Waals surface area contributed by atoms with Gasteiger partial charge in [0, 0.05) is 12.6 Å². The van der Waals surface area contributed by atoms with E-state index >= 15 is 0 Å². The first-order valence-electron chi connectivity index (χ1n) is 3.91. The summed E-state index contributed by atoms with van der Waals surface area (Å²) in [7, 11) is 0. The van der Waals surface area contributed by atoms with Crippen LogP contribution in [0.3, 0.4) is 0 Å². The Morgan fingerprint density at radius 3 is 2.80 bits per heavy atom. The summed E-state index contributed by atoms with van der Waals surface area (Å²) in [6, 6.07) is 0.469. The van der Waals surface area contributed by atoms with E-state index in [1.807, 2.05) is 0 Å². The van der Waals surface area contributed by atoms with E-state index in [-0.39, 0.29) is 0 Å². The van der Waals surface area contributed by atoms with Crippen LogP contribution in [0.1, 0.15) is 20.3 Å². The molecule has 0 aliphatic carbocycles. The minimum Gasteiger partial charge on any atom is -0.380 e. The highest BCUT2D eigenvalue weighted by Gasteiger charge is 1.96. The number of hydrogen-bond donors (Lipinski definition) is 1. The van der Waals surface area contributed by atoms with Gasteiger partial charge in [-0.3, -0.25) is 0 Å². The molecule has 0 amide bonds. The Labute approximate surface area is 64.0 Å². The quantitative estimate of drug-likeness (QED) is 0.566. The predicted molar refractivity (Wildman–Crippen MR) is 43.9 cm³/mol. The average Bonchev–Trinajstić information content (AvgIpc) is 1.89. The Morgan fingerprint density at radius 2 is 2.30 bits per heavy atom. The van der Waals surface area contributed by atoms with Gasteiger partial charge in [0.2, 0.25) is 0 Å². The number of rotatable bonds is 6. The SMILES string of the molecule is [CH2]CCOCC(C)NCC. The lowest BCUT2D eigenvalue weighted by Gasteiger charge is -2.11. The van der Waals surface area contributed by atoms with Gasteiger partial charge in [0.1, 0.15) is 0 Å². The first-order valence-corrected chi connectivity index (χ1v) is 3.91. The van der Waals surface area contributed by atoms with Crippen LogP contribution < -0.4 is 5.32 Å². The van der Waals surface area contributed by atoms with Crippen molar-refractivity contribution < 1.29 is 4.74 Å². The summed E-state index contributed by atoms with van der Waals surface area (Å²) in [5.41, 5.74) is 0. The highest BCUT2D eigenvalue weighted by Crippen LogP contribution is 1.85. The fourth-order valence-electron chi connectivity index (χ4n) is 0.770. The monoisotopic (exact) mass is 144 g/mol. The number of nitrogens with one attached hydrogen (secondary N) is 1. The molecule has 1 atom stereocenters. The van der Waals surface area contributed by atoms with Gasteiger partial charge >= 0.3 is 0 Å². The molecular formula is C8H18NO. The maximum Gasteiger partial charge on any atom is 0.0616 e. The highest BCUT2D eigenvalue weighted by molar-refractivity contribution is 4.56. The molecule has 1 N–H and O–H groups in total. The van der Waals surface area contributed by atoms with Gasteiger partial charge in [0.05, 0.1) is 6.61 Å². The molecule has 0 spiro atoms. The first kappa shape index (κ1) is 9.92. The minimum atomic E-state index is 0.469. The van der Waals surface area contributed by atoms with E-state index in [1.54, 1.807) is 0 Å². The van der Waals surface area contributed by atoms with Crippen molar-refractivity contribution >= 4 is 0 Å². The van der Waals surface area contributed by atoms with Gasteiger partial charge in [-0.1, -0.05) is 13.8 Å². The Morgan fingerprint density at radius 1 is 1.60 bits per heavy atom. The van der Waals surface area contributed by atoms with Crippen molar-refractivity contribution in [3.05, 3.63) is 6.92 Å².